The lowest BCUT2D eigenvalue weighted by Gasteiger charge is -2.09. The van der Waals surface area contributed by atoms with Crippen molar-refractivity contribution in [1.82, 2.24) is 9.97 Å². The summed E-state index contributed by atoms with van der Waals surface area (Å²) in [5.41, 5.74) is 1.94. The fourth-order valence-corrected chi connectivity index (χ4v) is 3.57. The molecule has 0 aliphatic heterocycles. The van der Waals surface area contributed by atoms with Crippen LogP contribution in [0.3, 0.4) is 0 Å². The third-order valence-electron chi connectivity index (χ3n) is 3.18. The highest BCUT2D eigenvalue weighted by molar-refractivity contribution is 7.18. The summed E-state index contributed by atoms with van der Waals surface area (Å²) in [6.07, 6.45) is 0. The lowest BCUT2D eigenvalue weighted by Crippen LogP contribution is -1.96. The maximum atomic E-state index is 6.04. The molecule has 108 valence electrons. The maximum absolute atomic E-state index is 6.04. The van der Waals surface area contributed by atoms with E-state index < -0.39 is 0 Å². The van der Waals surface area contributed by atoms with Gasteiger partial charge in [0, 0.05) is 10.6 Å². The van der Waals surface area contributed by atoms with Gasteiger partial charge in [-0.2, -0.15) is 4.98 Å². The summed E-state index contributed by atoms with van der Waals surface area (Å²) in [6, 6.07) is 5.32. The van der Waals surface area contributed by atoms with Crippen molar-refractivity contribution < 1.29 is 0 Å². The van der Waals surface area contributed by atoms with Gasteiger partial charge in [0.2, 0.25) is 5.28 Å². The Morgan fingerprint density at radius 3 is 2.52 bits per heavy atom. The number of aromatic nitrogens is 2. The van der Waals surface area contributed by atoms with Gasteiger partial charge in [-0.3, -0.25) is 0 Å². The fourth-order valence-electron chi connectivity index (χ4n) is 2.02. The van der Waals surface area contributed by atoms with Crippen LogP contribution in [-0.4, -0.2) is 9.97 Å². The highest BCUT2D eigenvalue weighted by atomic mass is 35.5. The van der Waals surface area contributed by atoms with Gasteiger partial charge in [0.25, 0.3) is 0 Å². The van der Waals surface area contributed by atoms with Gasteiger partial charge in [-0.05, 0) is 49.2 Å². The zero-order chi connectivity index (χ0) is 15.1. The number of hydrogen-bond donors (Lipinski definition) is 1. The molecule has 0 aliphatic carbocycles. The zero-order valence-electron chi connectivity index (χ0n) is 11.2. The molecule has 0 saturated carbocycles. The summed E-state index contributed by atoms with van der Waals surface area (Å²) in [4.78, 5) is 10.6. The van der Waals surface area contributed by atoms with Crippen molar-refractivity contribution >= 4 is 67.9 Å². The first-order valence-corrected chi connectivity index (χ1v) is 8.06. The third kappa shape index (κ3) is 2.81. The molecule has 0 atom stereocenters. The minimum atomic E-state index is 0.214. The van der Waals surface area contributed by atoms with Crippen LogP contribution in [0.1, 0.15) is 10.4 Å². The smallest absolute Gasteiger partial charge is 0.225 e. The monoisotopic (exact) mass is 357 g/mol. The molecular weight excluding hydrogens is 349 g/mol. The molecule has 0 aliphatic rings. The van der Waals surface area contributed by atoms with Gasteiger partial charge in [0.15, 0.2) is 0 Å². The van der Waals surface area contributed by atoms with Gasteiger partial charge in [-0.1, -0.05) is 23.2 Å². The van der Waals surface area contributed by atoms with Crippen LogP contribution >= 0.6 is 46.1 Å². The predicted octanol–water partition coefficient (Wildman–Crippen LogP) is 6.01. The Balaban J connectivity index is 2.13. The lowest BCUT2D eigenvalue weighted by molar-refractivity contribution is 1.22. The number of nitrogens with zero attached hydrogens (tertiary/aromatic N) is 2. The first-order chi connectivity index (χ1) is 9.95. The van der Waals surface area contributed by atoms with Crippen molar-refractivity contribution in [3.8, 4) is 0 Å². The summed E-state index contributed by atoms with van der Waals surface area (Å²) in [5.74, 6) is 0.672. The number of aryl methyl sites for hydroxylation is 2. The van der Waals surface area contributed by atoms with Crippen LogP contribution in [-0.2, 0) is 0 Å². The Morgan fingerprint density at radius 1 is 1.05 bits per heavy atom. The minimum Gasteiger partial charge on any atom is -0.339 e. The summed E-state index contributed by atoms with van der Waals surface area (Å²) < 4.78 is 0. The first kappa shape index (κ1) is 14.9. The van der Waals surface area contributed by atoms with Crippen LogP contribution < -0.4 is 5.32 Å². The molecule has 2 heterocycles. The number of anilines is 2. The molecule has 0 saturated heterocycles. The van der Waals surface area contributed by atoms with E-state index in [1.165, 1.54) is 4.88 Å². The summed E-state index contributed by atoms with van der Waals surface area (Å²) in [5, 5.41) is 5.42. The Bertz CT molecular complexity index is 845. The van der Waals surface area contributed by atoms with Gasteiger partial charge < -0.3 is 5.32 Å². The second-order valence-electron chi connectivity index (χ2n) is 4.56. The standard InChI is InChI=1S/C14H10Cl3N3S/c1-6-7(2)21-13-11(6)12(19-14(17)20-13)18-8-3-4-9(15)10(16)5-8/h3-5H,1-2H3,(H,18,19,20). The lowest BCUT2D eigenvalue weighted by atomic mass is 10.2. The molecular formula is C14H10Cl3N3S. The van der Waals surface area contributed by atoms with Crippen LogP contribution in [0, 0.1) is 13.8 Å². The van der Waals surface area contributed by atoms with E-state index in [0.29, 0.717) is 15.9 Å². The number of benzene rings is 1. The molecule has 0 amide bonds. The SMILES string of the molecule is Cc1sc2nc(Cl)nc(Nc3ccc(Cl)c(Cl)c3)c2c1C. The van der Waals surface area contributed by atoms with Crippen molar-refractivity contribution in [2.75, 3.05) is 5.32 Å². The first-order valence-electron chi connectivity index (χ1n) is 6.11. The van der Waals surface area contributed by atoms with Crippen LogP contribution in [0.2, 0.25) is 15.3 Å². The van der Waals surface area contributed by atoms with E-state index in [1.54, 1.807) is 23.5 Å². The Hall–Kier alpha value is -1.07. The molecule has 0 unspecified atom stereocenters. The molecule has 3 aromatic rings. The van der Waals surface area contributed by atoms with Crippen molar-refractivity contribution in [3.63, 3.8) is 0 Å². The summed E-state index contributed by atoms with van der Waals surface area (Å²) in [7, 11) is 0. The highest BCUT2D eigenvalue weighted by Gasteiger charge is 2.14. The Labute approximate surface area is 140 Å². The van der Waals surface area contributed by atoms with Crippen molar-refractivity contribution in [2.24, 2.45) is 0 Å². The average molecular weight is 359 g/mol. The predicted molar refractivity (Wildman–Crippen MR) is 91.6 cm³/mol. The van der Waals surface area contributed by atoms with Gasteiger partial charge >= 0.3 is 0 Å². The van der Waals surface area contributed by atoms with Crippen LogP contribution in [0.25, 0.3) is 10.2 Å². The van der Waals surface area contributed by atoms with Crippen molar-refractivity contribution in [2.45, 2.75) is 13.8 Å². The number of thiophene rings is 1. The van der Waals surface area contributed by atoms with E-state index in [1.807, 2.05) is 13.0 Å². The zero-order valence-corrected chi connectivity index (χ0v) is 14.3. The van der Waals surface area contributed by atoms with Gasteiger partial charge in [0.05, 0.1) is 15.4 Å². The number of hydrogen-bond acceptors (Lipinski definition) is 4. The van der Waals surface area contributed by atoms with Crippen LogP contribution in [0.4, 0.5) is 11.5 Å². The van der Waals surface area contributed by atoms with Gasteiger partial charge in [-0.15, -0.1) is 11.3 Å². The highest BCUT2D eigenvalue weighted by Crippen LogP contribution is 2.36. The Kier molecular flexibility index (Phi) is 3.97. The second-order valence-corrected chi connectivity index (χ2v) is 6.91. The average Bonchev–Trinajstić information content (AvgIpc) is 2.69. The third-order valence-corrected chi connectivity index (χ3v) is 5.19. The number of halogens is 3. The number of rotatable bonds is 2. The normalized spacial score (nSPS) is 11.1. The van der Waals surface area contributed by atoms with E-state index in [0.717, 1.165) is 21.5 Å². The molecule has 0 bridgehead atoms. The van der Waals surface area contributed by atoms with Crippen molar-refractivity contribution in [1.29, 1.82) is 0 Å². The molecule has 1 aromatic carbocycles. The molecule has 7 heteroatoms. The molecule has 0 radical (unpaired) electrons. The van der Waals surface area contributed by atoms with E-state index >= 15 is 0 Å². The second kappa shape index (κ2) is 5.61. The van der Waals surface area contributed by atoms with Crippen LogP contribution in [0.15, 0.2) is 18.2 Å². The molecule has 3 rings (SSSR count). The molecule has 21 heavy (non-hydrogen) atoms. The topological polar surface area (TPSA) is 37.8 Å². The fraction of sp³-hybridized carbons (Fsp3) is 0.143. The van der Waals surface area contributed by atoms with Crippen LogP contribution in [0.5, 0.6) is 0 Å². The quantitative estimate of drug-likeness (QED) is 0.570. The summed E-state index contributed by atoms with van der Waals surface area (Å²) in [6.45, 7) is 4.10. The molecule has 0 spiro atoms. The number of fused-ring (bicyclic) bond motifs is 1. The molecule has 3 nitrogen and oxygen atoms in total. The summed E-state index contributed by atoms with van der Waals surface area (Å²) >= 11 is 19.6. The number of nitrogens with one attached hydrogen (secondary N) is 1. The maximum Gasteiger partial charge on any atom is 0.225 e. The molecule has 2 aromatic heterocycles. The molecule has 0 fully saturated rings. The van der Waals surface area contributed by atoms with E-state index in [-0.39, 0.29) is 5.28 Å². The van der Waals surface area contributed by atoms with Crippen molar-refractivity contribution in [3.05, 3.63) is 44.0 Å². The molecule has 1 N–H and O–H groups in total. The van der Waals surface area contributed by atoms with Gasteiger partial charge in [-0.25, -0.2) is 4.98 Å². The largest absolute Gasteiger partial charge is 0.339 e. The minimum absolute atomic E-state index is 0.214. The Morgan fingerprint density at radius 2 is 1.81 bits per heavy atom. The van der Waals surface area contributed by atoms with E-state index in [9.17, 15) is 0 Å². The van der Waals surface area contributed by atoms with E-state index in [2.05, 4.69) is 22.2 Å². The van der Waals surface area contributed by atoms with Gasteiger partial charge in [0.1, 0.15) is 10.6 Å². The van der Waals surface area contributed by atoms with E-state index in [4.69, 9.17) is 34.8 Å².